The van der Waals surface area contributed by atoms with Crippen molar-refractivity contribution >= 4 is 23.3 Å². The molecule has 3 aromatic rings. The third-order valence-corrected chi connectivity index (χ3v) is 4.17. The van der Waals surface area contributed by atoms with E-state index in [4.69, 9.17) is 11.6 Å². The summed E-state index contributed by atoms with van der Waals surface area (Å²) in [4.78, 5) is 32.8. The normalized spacial score (nSPS) is 10.5. The zero-order valence-electron chi connectivity index (χ0n) is 15.1. The average molecular weight is 398 g/mol. The van der Waals surface area contributed by atoms with Gasteiger partial charge in [-0.2, -0.15) is 0 Å². The van der Waals surface area contributed by atoms with Crippen LogP contribution in [0.25, 0.3) is 0 Å². The van der Waals surface area contributed by atoms with Crippen LogP contribution >= 0.6 is 11.6 Å². The van der Waals surface area contributed by atoms with Crippen molar-refractivity contribution < 1.29 is 4.79 Å². The summed E-state index contributed by atoms with van der Waals surface area (Å²) in [5.74, 6) is -0.199. The second-order valence-corrected chi connectivity index (χ2v) is 6.49. The van der Waals surface area contributed by atoms with Crippen LogP contribution in [-0.2, 0) is 17.8 Å². The molecule has 2 heterocycles. The first-order chi connectivity index (χ1) is 13.6. The number of nitrogens with zero attached hydrogens (tertiary/aromatic N) is 3. The van der Waals surface area contributed by atoms with E-state index in [2.05, 4.69) is 20.6 Å². The van der Waals surface area contributed by atoms with E-state index in [1.165, 1.54) is 10.8 Å². The zero-order valence-corrected chi connectivity index (χ0v) is 15.9. The van der Waals surface area contributed by atoms with Gasteiger partial charge < -0.3 is 15.2 Å². The molecule has 0 aliphatic rings. The Kier molecular flexibility index (Phi) is 6.75. The molecule has 3 rings (SSSR count). The number of amides is 1. The molecule has 1 amide bonds. The van der Waals surface area contributed by atoms with E-state index in [-0.39, 0.29) is 29.0 Å². The van der Waals surface area contributed by atoms with E-state index in [1.54, 1.807) is 6.20 Å². The van der Waals surface area contributed by atoms with Crippen molar-refractivity contribution in [3.8, 4) is 0 Å². The Bertz CT molecular complexity index is 977. The van der Waals surface area contributed by atoms with Crippen LogP contribution in [0.1, 0.15) is 11.3 Å². The Morgan fingerprint density at radius 3 is 2.64 bits per heavy atom. The van der Waals surface area contributed by atoms with E-state index < -0.39 is 0 Å². The smallest absolute Gasteiger partial charge is 0.293 e. The highest BCUT2D eigenvalue weighted by Gasteiger charge is 2.10. The summed E-state index contributed by atoms with van der Waals surface area (Å²) in [7, 11) is 0. The summed E-state index contributed by atoms with van der Waals surface area (Å²) >= 11 is 6.04. The second-order valence-electron chi connectivity index (χ2n) is 6.11. The lowest BCUT2D eigenvalue weighted by atomic mass is 10.2. The van der Waals surface area contributed by atoms with Crippen LogP contribution < -0.4 is 16.2 Å². The number of carbonyl (C=O) groups excluding carboxylic acids is 1. The van der Waals surface area contributed by atoms with Crippen LogP contribution in [0.5, 0.6) is 0 Å². The van der Waals surface area contributed by atoms with Crippen molar-refractivity contribution in [3.63, 3.8) is 0 Å². The molecule has 144 valence electrons. The number of anilines is 1. The van der Waals surface area contributed by atoms with Crippen LogP contribution in [0, 0.1) is 0 Å². The number of aromatic nitrogens is 3. The molecule has 0 spiro atoms. The maximum atomic E-state index is 12.6. The van der Waals surface area contributed by atoms with Gasteiger partial charge in [0.05, 0.1) is 13.1 Å². The van der Waals surface area contributed by atoms with Gasteiger partial charge in [-0.15, -0.1) is 0 Å². The van der Waals surface area contributed by atoms with Gasteiger partial charge in [0.2, 0.25) is 5.91 Å². The van der Waals surface area contributed by atoms with Crippen molar-refractivity contribution in [3.05, 3.63) is 87.7 Å². The van der Waals surface area contributed by atoms with Crippen LogP contribution in [0.2, 0.25) is 5.15 Å². The van der Waals surface area contributed by atoms with Crippen molar-refractivity contribution in [1.29, 1.82) is 0 Å². The topological polar surface area (TPSA) is 88.9 Å². The summed E-state index contributed by atoms with van der Waals surface area (Å²) < 4.78 is 1.46. The van der Waals surface area contributed by atoms with E-state index in [9.17, 15) is 9.59 Å². The fraction of sp³-hybridized carbons (Fsp3) is 0.200. The highest BCUT2D eigenvalue weighted by atomic mass is 35.5. The number of benzene rings is 1. The molecule has 0 saturated carbocycles. The average Bonchev–Trinajstić information content (AvgIpc) is 2.71. The summed E-state index contributed by atoms with van der Waals surface area (Å²) in [6.45, 7) is 0.752. The molecule has 0 fully saturated rings. The van der Waals surface area contributed by atoms with Crippen molar-refractivity contribution in [2.24, 2.45) is 0 Å². The molecular weight excluding hydrogens is 378 g/mol. The Morgan fingerprint density at radius 1 is 1.11 bits per heavy atom. The van der Waals surface area contributed by atoms with Gasteiger partial charge in [-0.1, -0.05) is 48.0 Å². The number of carbonyl (C=O) groups is 1. The lowest BCUT2D eigenvalue weighted by Crippen LogP contribution is -2.34. The highest BCUT2D eigenvalue weighted by molar-refractivity contribution is 6.29. The minimum Gasteiger partial charge on any atom is -0.356 e. The second kappa shape index (κ2) is 9.66. The quantitative estimate of drug-likeness (QED) is 0.607. The van der Waals surface area contributed by atoms with Crippen molar-refractivity contribution in [2.75, 3.05) is 18.4 Å². The lowest BCUT2D eigenvalue weighted by Gasteiger charge is -2.10. The SMILES string of the molecule is O=C(CNc1nc(Cl)cn(Cc2ccccc2)c1=O)NCCc1ccccn1. The van der Waals surface area contributed by atoms with Gasteiger partial charge in [0.1, 0.15) is 5.15 Å². The molecule has 1 aromatic carbocycles. The van der Waals surface area contributed by atoms with Crippen molar-refractivity contribution in [2.45, 2.75) is 13.0 Å². The third kappa shape index (κ3) is 5.65. The highest BCUT2D eigenvalue weighted by Crippen LogP contribution is 2.08. The van der Waals surface area contributed by atoms with Crippen molar-refractivity contribution in [1.82, 2.24) is 19.9 Å². The Morgan fingerprint density at radius 2 is 1.89 bits per heavy atom. The molecule has 0 bridgehead atoms. The third-order valence-electron chi connectivity index (χ3n) is 3.99. The number of hydrogen-bond donors (Lipinski definition) is 2. The van der Waals surface area contributed by atoms with Gasteiger partial charge >= 0.3 is 0 Å². The fourth-order valence-corrected chi connectivity index (χ4v) is 2.82. The molecule has 2 N–H and O–H groups in total. The molecule has 0 aliphatic heterocycles. The number of nitrogens with one attached hydrogen (secondary N) is 2. The molecular formula is C20H20ClN5O2. The van der Waals surface area contributed by atoms with Crippen LogP contribution in [0.3, 0.4) is 0 Å². The molecule has 0 unspecified atom stereocenters. The van der Waals surface area contributed by atoms with Crippen LogP contribution in [-0.4, -0.2) is 33.5 Å². The standard InChI is InChI=1S/C20H20ClN5O2/c21-17-14-26(13-15-6-2-1-3-7-15)20(28)19(25-17)24-12-18(27)23-11-9-16-8-4-5-10-22-16/h1-8,10,14H,9,11-13H2,(H,23,27)(H,24,25). The largest absolute Gasteiger partial charge is 0.356 e. The minimum atomic E-state index is -0.338. The summed E-state index contributed by atoms with van der Waals surface area (Å²) in [5, 5.41) is 5.73. The maximum Gasteiger partial charge on any atom is 0.293 e. The number of pyridine rings is 1. The first-order valence-electron chi connectivity index (χ1n) is 8.83. The predicted molar refractivity (Wildman–Crippen MR) is 108 cm³/mol. The Hall–Kier alpha value is -3.19. The molecule has 2 aromatic heterocycles. The number of hydrogen-bond acceptors (Lipinski definition) is 5. The first kappa shape index (κ1) is 19.6. The monoisotopic (exact) mass is 397 g/mol. The van der Waals surface area contributed by atoms with Gasteiger partial charge in [0, 0.05) is 31.1 Å². The van der Waals surface area contributed by atoms with Gasteiger partial charge in [-0.05, 0) is 17.7 Å². The number of rotatable bonds is 8. The summed E-state index contributed by atoms with van der Waals surface area (Å²) in [5.41, 5.74) is 1.52. The van der Waals surface area contributed by atoms with E-state index >= 15 is 0 Å². The summed E-state index contributed by atoms with van der Waals surface area (Å²) in [6, 6.07) is 15.2. The van der Waals surface area contributed by atoms with E-state index in [1.807, 2.05) is 48.5 Å². The maximum absolute atomic E-state index is 12.6. The summed E-state index contributed by atoms with van der Waals surface area (Å²) in [6.07, 6.45) is 3.82. The minimum absolute atomic E-state index is 0.0447. The molecule has 0 saturated heterocycles. The first-order valence-corrected chi connectivity index (χ1v) is 9.21. The van der Waals surface area contributed by atoms with Gasteiger partial charge in [0.15, 0.2) is 5.82 Å². The Balaban J connectivity index is 1.56. The van der Waals surface area contributed by atoms with Gasteiger partial charge in [-0.25, -0.2) is 4.98 Å². The predicted octanol–water partition coefficient (Wildman–Crippen LogP) is 2.11. The van der Waals surface area contributed by atoms with E-state index in [0.717, 1.165) is 11.3 Å². The molecule has 7 nitrogen and oxygen atoms in total. The van der Waals surface area contributed by atoms with Gasteiger partial charge in [-0.3, -0.25) is 14.6 Å². The van der Waals surface area contributed by atoms with E-state index in [0.29, 0.717) is 19.5 Å². The van der Waals surface area contributed by atoms with Gasteiger partial charge in [0.25, 0.3) is 5.56 Å². The zero-order chi connectivity index (χ0) is 19.8. The molecule has 0 atom stereocenters. The fourth-order valence-electron chi connectivity index (χ4n) is 2.62. The lowest BCUT2D eigenvalue weighted by molar-refractivity contribution is -0.119. The molecule has 8 heteroatoms. The van der Waals surface area contributed by atoms with Crippen LogP contribution in [0.4, 0.5) is 5.82 Å². The molecule has 0 radical (unpaired) electrons. The molecule has 0 aliphatic carbocycles. The number of halogens is 1. The van der Waals surface area contributed by atoms with Crippen LogP contribution in [0.15, 0.2) is 65.7 Å². The Labute approximate surface area is 167 Å². The molecule has 28 heavy (non-hydrogen) atoms.